The van der Waals surface area contributed by atoms with E-state index >= 15 is 0 Å². The molecule has 0 bridgehead atoms. The molecule has 6 heteroatoms. The SMILES string of the molecule is COc1ccc(NC(=O)CN(C)CC(=O)Nc2ccccc2C(C)C)cc1. The summed E-state index contributed by atoms with van der Waals surface area (Å²) in [5, 5.41) is 5.74. The van der Waals surface area contributed by atoms with Crippen LogP contribution >= 0.6 is 0 Å². The molecule has 144 valence electrons. The second-order valence-electron chi connectivity index (χ2n) is 6.74. The number of hydrogen-bond acceptors (Lipinski definition) is 4. The topological polar surface area (TPSA) is 70.7 Å². The van der Waals surface area contributed by atoms with Crippen molar-refractivity contribution in [1.29, 1.82) is 0 Å². The number of nitrogens with one attached hydrogen (secondary N) is 2. The van der Waals surface area contributed by atoms with Crippen LogP contribution in [0.4, 0.5) is 11.4 Å². The summed E-state index contributed by atoms with van der Waals surface area (Å²) >= 11 is 0. The maximum Gasteiger partial charge on any atom is 0.238 e. The molecule has 0 unspecified atom stereocenters. The first-order chi connectivity index (χ1) is 12.9. The highest BCUT2D eigenvalue weighted by atomic mass is 16.5. The summed E-state index contributed by atoms with van der Waals surface area (Å²) in [6, 6.07) is 14.8. The summed E-state index contributed by atoms with van der Waals surface area (Å²) in [4.78, 5) is 26.1. The highest BCUT2D eigenvalue weighted by Crippen LogP contribution is 2.23. The molecule has 2 aromatic carbocycles. The Bertz CT molecular complexity index is 772. The van der Waals surface area contributed by atoms with Gasteiger partial charge in [0.1, 0.15) is 5.75 Å². The Hall–Kier alpha value is -2.86. The Morgan fingerprint density at radius 3 is 2.15 bits per heavy atom. The molecule has 0 heterocycles. The van der Waals surface area contributed by atoms with Gasteiger partial charge in [-0.15, -0.1) is 0 Å². The quantitative estimate of drug-likeness (QED) is 0.749. The molecule has 2 rings (SSSR count). The fourth-order valence-electron chi connectivity index (χ4n) is 2.73. The highest BCUT2D eigenvalue weighted by Gasteiger charge is 2.13. The predicted molar refractivity (Wildman–Crippen MR) is 108 cm³/mol. The van der Waals surface area contributed by atoms with Gasteiger partial charge >= 0.3 is 0 Å². The van der Waals surface area contributed by atoms with Crippen molar-refractivity contribution in [2.45, 2.75) is 19.8 Å². The standard InChI is InChI=1S/C21H27N3O3/c1-15(2)18-7-5-6-8-19(18)23-21(26)14-24(3)13-20(25)22-16-9-11-17(27-4)12-10-16/h5-12,15H,13-14H2,1-4H3,(H,22,25)(H,23,26). The molecule has 0 aliphatic carbocycles. The average molecular weight is 369 g/mol. The third-order valence-electron chi connectivity index (χ3n) is 4.06. The van der Waals surface area contributed by atoms with Crippen LogP contribution < -0.4 is 15.4 Å². The number of likely N-dealkylation sites (N-methyl/N-ethyl adjacent to an activating group) is 1. The van der Waals surface area contributed by atoms with Crippen LogP contribution in [0.3, 0.4) is 0 Å². The van der Waals surface area contributed by atoms with Crippen molar-refractivity contribution in [3.8, 4) is 5.75 Å². The van der Waals surface area contributed by atoms with Gasteiger partial charge in [0.25, 0.3) is 0 Å². The van der Waals surface area contributed by atoms with E-state index in [0.29, 0.717) is 11.6 Å². The van der Waals surface area contributed by atoms with E-state index in [1.54, 1.807) is 43.3 Å². The maximum atomic E-state index is 12.3. The van der Waals surface area contributed by atoms with E-state index in [1.807, 2.05) is 24.3 Å². The normalized spacial score (nSPS) is 10.7. The van der Waals surface area contributed by atoms with E-state index in [1.165, 1.54) is 0 Å². The van der Waals surface area contributed by atoms with Gasteiger partial charge in [-0.2, -0.15) is 0 Å². The molecule has 0 fully saturated rings. The van der Waals surface area contributed by atoms with Crippen molar-refractivity contribution in [2.24, 2.45) is 0 Å². The molecule has 2 N–H and O–H groups in total. The van der Waals surface area contributed by atoms with E-state index < -0.39 is 0 Å². The molecule has 0 aromatic heterocycles. The lowest BCUT2D eigenvalue weighted by Gasteiger charge is -2.18. The zero-order chi connectivity index (χ0) is 19.8. The summed E-state index contributed by atoms with van der Waals surface area (Å²) in [6.45, 7) is 4.41. The zero-order valence-electron chi connectivity index (χ0n) is 16.3. The minimum absolute atomic E-state index is 0.116. The van der Waals surface area contributed by atoms with Gasteiger partial charge in [-0.1, -0.05) is 32.0 Å². The van der Waals surface area contributed by atoms with Crippen LogP contribution in [0.25, 0.3) is 0 Å². The summed E-state index contributed by atoms with van der Waals surface area (Å²) in [6.07, 6.45) is 0. The lowest BCUT2D eigenvalue weighted by Crippen LogP contribution is -2.36. The van der Waals surface area contributed by atoms with E-state index in [9.17, 15) is 9.59 Å². The maximum absolute atomic E-state index is 12.3. The number of hydrogen-bond donors (Lipinski definition) is 2. The van der Waals surface area contributed by atoms with Crippen LogP contribution in [0.5, 0.6) is 5.75 Å². The monoisotopic (exact) mass is 369 g/mol. The number of rotatable bonds is 8. The summed E-state index contributed by atoms with van der Waals surface area (Å²) in [7, 11) is 3.33. The zero-order valence-corrected chi connectivity index (χ0v) is 16.3. The lowest BCUT2D eigenvalue weighted by atomic mass is 10.0. The van der Waals surface area contributed by atoms with Gasteiger partial charge in [0.2, 0.25) is 11.8 Å². The molecule has 0 radical (unpaired) electrons. The first kappa shape index (κ1) is 20.5. The molecule has 0 aliphatic heterocycles. The number of carbonyl (C=O) groups excluding carboxylic acids is 2. The molecule has 0 atom stereocenters. The first-order valence-electron chi connectivity index (χ1n) is 8.90. The van der Waals surface area contributed by atoms with Gasteiger partial charge in [-0.05, 0) is 48.9 Å². The number of para-hydroxylation sites is 1. The molecule has 2 aromatic rings. The van der Waals surface area contributed by atoms with Crippen molar-refractivity contribution in [1.82, 2.24) is 4.90 Å². The Kier molecular flexibility index (Phi) is 7.37. The van der Waals surface area contributed by atoms with Gasteiger partial charge in [0.05, 0.1) is 20.2 Å². The summed E-state index contributed by atoms with van der Waals surface area (Å²) in [5.74, 6) is 0.707. The summed E-state index contributed by atoms with van der Waals surface area (Å²) < 4.78 is 5.09. The van der Waals surface area contributed by atoms with Gasteiger partial charge < -0.3 is 15.4 Å². The van der Waals surface area contributed by atoms with Crippen LogP contribution in [-0.4, -0.2) is 44.0 Å². The second kappa shape index (κ2) is 9.73. The number of methoxy groups -OCH3 is 1. The molecule has 6 nitrogen and oxygen atoms in total. The van der Waals surface area contributed by atoms with Crippen molar-refractivity contribution < 1.29 is 14.3 Å². The number of benzene rings is 2. The first-order valence-corrected chi connectivity index (χ1v) is 8.90. The Morgan fingerprint density at radius 2 is 1.56 bits per heavy atom. The molecule has 2 amide bonds. The number of nitrogens with zero attached hydrogens (tertiary/aromatic N) is 1. The fourth-order valence-corrected chi connectivity index (χ4v) is 2.73. The smallest absolute Gasteiger partial charge is 0.238 e. The molecule has 0 saturated carbocycles. The average Bonchev–Trinajstić information content (AvgIpc) is 2.62. The number of ether oxygens (including phenoxy) is 1. The minimum atomic E-state index is -0.182. The van der Waals surface area contributed by atoms with Crippen LogP contribution in [0.2, 0.25) is 0 Å². The third-order valence-corrected chi connectivity index (χ3v) is 4.06. The molecule has 0 spiro atoms. The molecule has 0 aliphatic rings. The van der Waals surface area contributed by atoms with Crippen LogP contribution in [0.1, 0.15) is 25.3 Å². The van der Waals surface area contributed by atoms with E-state index in [-0.39, 0.29) is 24.9 Å². The summed E-state index contributed by atoms with van der Waals surface area (Å²) in [5.41, 5.74) is 2.59. The van der Waals surface area contributed by atoms with Gasteiger partial charge in [0.15, 0.2) is 0 Å². The largest absolute Gasteiger partial charge is 0.497 e. The van der Waals surface area contributed by atoms with Crippen molar-refractivity contribution in [3.63, 3.8) is 0 Å². The van der Waals surface area contributed by atoms with E-state index in [4.69, 9.17) is 4.74 Å². The Morgan fingerprint density at radius 1 is 0.963 bits per heavy atom. The van der Waals surface area contributed by atoms with Crippen molar-refractivity contribution in [2.75, 3.05) is 37.9 Å². The lowest BCUT2D eigenvalue weighted by molar-refractivity contribution is -0.119. The number of amides is 2. The number of anilines is 2. The third kappa shape index (κ3) is 6.42. The van der Waals surface area contributed by atoms with Crippen molar-refractivity contribution >= 4 is 23.2 Å². The van der Waals surface area contributed by atoms with Crippen LogP contribution in [0, 0.1) is 0 Å². The minimum Gasteiger partial charge on any atom is -0.497 e. The fraction of sp³-hybridized carbons (Fsp3) is 0.333. The second-order valence-corrected chi connectivity index (χ2v) is 6.74. The molecular formula is C21H27N3O3. The predicted octanol–water partition coefficient (Wildman–Crippen LogP) is 3.33. The van der Waals surface area contributed by atoms with Gasteiger partial charge in [-0.3, -0.25) is 14.5 Å². The highest BCUT2D eigenvalue weighted by molar-refractivity contribution is 5.95. The van der Waals surface area contributed by atoms with Crippen molar-refractivity contribution in [3.05, 3.63) is 54.1 Å². The van der Waals surface area contributed by atoms with Crippen LogP contribution in [-0.2, 0) is 9.59 Å². The van der Waals surface area contributed by atoms with Gasteiger partial charge in [0, 0.05) is 11.4 Å². The molecule has 0 saturated heterocycles. The number of carbonyl (C=O) groups is 2. The Balaban J connectivity index is 1.84. The van der Waals surface area contributed by atoms with Gasteiger partial charge in [-0.25, -0.2) is 0 Å². The Labute approximate surface area is 160 Å². The van der Waals surface area contributed by atoms with Crippen LogP contribution in [0.15, 0.2) is 48.5 Å². The van der Waals surface area contributed by atoms with E-state index in [0.717, 1.165) is 17.0 Å². The molecular weight excluding hydrogens is 342 g/mol. The molecule has 27 heavy (non-hydrogen) atoms. The van der Waals surface area contributed by atoms with E-state index in [2.05, 4.69) is 24.5 Å².